The van der Waals surface area contributed by atoms with Crippen molar-refractivity contribution < 1.29 is 9.59 Å². The van der Waals surface area contributed by atoms with Crippen LogP contribution in [0.15, 0.2) is 30.3 Å². The Balaban J connectivity index is 1.32. The maximum Gasteiger partial charge on any atom is 0.315 e. The molecule has 3 rings (SSSR count). The number of nitrogens with one attached hydrogen (secondary N) is 2. The first-order valence-electron chi connectivity index (χ1n) is 9.63. The number of rotatable bonds is 6. The molecular weight excluding hydrogens is 314 g/mol. The average Bonchev–Trinajstić information content (AvgIpc) is 2.60. The Hall–Kier alpha value is -2.04. The van der Waals surface area contributed by atoms with Crippen molar-refractivity contribution >= 4 is 11.9 Å². The predicted octanol–water partition coefficient (Wildman–Crippen LogP) is 3.37. The van der Waals surface area contributed by atoms with Crippen molar-refractivity contribution in [3.05, 3.63) is 35.9 Å². The van der Waals surface area contributed by atoms with Crippen molar-refractivity contribution in [1.82, 2.24) is 15.5 Å². The van der Waals surface area contributed by atoms with E-state index < -0.39 is 0 Å². The highest BCUT2D eigenvalue weighted by molar-refractivity contribution is 5.78. The molecule has 1 aliphatic heterocycles. The molecule has 3 amide bonds. The van der Waals surface area contributed by atoms with E-state index in [1.165, 1.54) is 24.8 Å². The Labute approximate surface area is 150 Å². The van der Waals surface area contributed by atoms with Crippen molar-refractivity contribution in [3.8, 4) is 0 Å². The second-order valence-corrected chi connectivity index (χ2v) is 7.14. The SMILES string of the molecule is O=C(NCCCC(=O)N1CC[C@H]1c1ccccc1)NC1CCCCC1. The third-order valence-electron chi connectivity index (χ3n) is 5.32. The number of benzene rings is 1. The number of hydrogen-bond acceptors (Lipinski definition) is 2. The minimum absolute atomic E-state index is 0.0922. The van der Waals surface area contributed by atoms with Crippen LogP contribution in [0.25, 0.3) is 0 Å². The molecule has 5 nitrogen and oxygen atoms in total. The van der Waals surface area contributed by atoms with Crippen LogP contribution in [-0.4, -0.2) is 36.0 Å². The molecule has 1 atom stereocenters. The third-order valence-corrected chi connectivity index (χ3v) is 5.32. The van der Waals surface area contributed by atoms with Crippen molar-refractivity contribution in [3.63, 3.8) is 0 Å². The monoisotopic (exact) mass is 343 g/mol. The zero-order valence-corrected chi connectivity index (χ0v) is 14.9. The summed E-state index contributed by atoms with van der Waals surface area (Å²) in [7, 11) is 0. The van der Waals surface area contributed by atoms with Crippen LogP contribution in [0.3, 0.4) is 0 Å². The highest BCUT2D eigenvalue weighted by Crippen LogP contribution is 2.33. The normalized spacial score (nSPS) is 20.6. The standard InChI is InChI=1S/C20H29N3O2/c24-19(23-15-13-18(23)16-8-3-1-4-9-16)12-7-14-21-20(25)22-17-10-5-2-6-11-17/h1,3-4,8-9,17-18H,2,5-7,10-15H2,(H2,21,22,25)/t18-/m0/s1. The Morgan fingerprint density at radius 1 is 1.04 bits per heavy atom. The van der Waals surface area contributed by atoms with Gasteiger partial charge in [-0.25, -0.2) is 4.79 Å². The molecule has 136 valence electrons. The van der Waals surface area contributed by atoms with Crippen LogP contribution in [-0.2, 0) is 4.79 Å². The summed E-state index contributed by atoms with van der Waals surface area (Å²) in [4.78, 5) is 26.2. The smallest absolute Gasteiger partial charge is 0.315 e. The van der Waals surface area contributed by atoms with E-state index in [1.807, 2.05) is 23.1 Å². The minimum atomic E-state index is -0.0922. The molecule has 2 N–H and O–H groups in total. The largest absolute Gasteiger partial charge is 0.338 e. The maximum atomic E-state index is 12.4. The zero-order valence-electron chi connectivity index (χ0n) is 14.9. The Kier molecular flexibility index (Phi) is 6.31. The lowest BCUT2D eigenvalue weighted by Gasteiger charge is -2.41. The number of carbonyl (C=O) groups is 2. The number of nitrogens with zero attached hydrogens (tertiary/aromatic N) is 1. The van der Waals surface area contributed by atoms with Gasteiger partial charge in [-0.15, -0.1) is 0 Å². The lowest BCUT2D eigenvalue weighted by molar-refractivity contribution is -0.139. The van der Waals surface area contributed by atoms with Crippen molar-refractivity contribution in [2.24, 2.45) is 0 Å². The molecule has 0 unspecified atom stereocenters. The van der Waals surface area contributed by atoms with Crippen LogP contribution >= 0.6 is 0 Å². The van der Waals surface area contributed by atoms with Crippen molar-refractivity contribution in [2.75, 3.05) is 13.1 Å². The number of hydrogen-bond donors (Lipinski definition) is 2. The average molecular weight is 343 g/mol. The van der Waals surface area contributed by atoms with Crippen LogP contribution in [0.2, 0.25) is 0 Å². The van der Waals surface area contributed by atoms with E-state index in [-0.39, 0.29) is 18.0 Å². The van der Waals surface area contributed by atoms with E-state index in [9.17, 15) is 9.59 Å². The lowest BCUT2D eigenvalue weighted by Crippen LogP contribution is -2.45. The molecule has 1 aromatic rings. The van der Waals surface area contributed by atoms with Gasteiger partial charge in [-0.1, -0.05) is 49.6 Å². The number of likely N-dealkylation sites (tertiary alicyclic amines) is 1. The van der Waals surface area contributed by atoms with Crippen LogP contribution in [0.1, 0.15) is 63.0 Å². The van der Waals surface area contributed by atoms with Gasteiger partial charge in [-0.3, -0.25) is 4.79 Å². The quantitative estimate of drug-likeness (QED) is 0.778. The van der Waals surface area contributed by atoms with Gasteiger partial charge in [0.05, 0.1) is 6.04 Å². The molecule has 1 aromatic carbocycles. The van der Waals surface area contributed by atoms with E-state index in [0.29, 0.717) is 25.4 Å². The highest BCUT2D eigenvalue weighted by Gasteiger charge is 2.32. The fourth-order valence-corrected chi connectivity index (χ4v) is 3.78. The van der Waals surface area contributed by atoms with Crippen molar-refractivity contribution in [1.29, 1.82) is 0 Å². The van der Waals surface area contributed by atoms with Gasteiger partial charge in [0.15, 0.2) is 0 Å². The van der Waals surface area contributed by atoms with Crippen LogP contribution in [0.5, 0.6) is 0 Å². The van der Waals surface area contributed by atoms with E-state index in [0.717, 1.165) is 25.8 Å². The van der Waals surface area contributed by atoms with E-state index >= 15 is 0 Å². The first-order valence-corrected chi connectivity index (χ1v) is 9.63. The molecule has 1 saturated heterocycles. The lowest BCUT2D eigenvalue weighted by atomic mass is 9.94. The van der Waals surface area contributed by atoms with Gasteiger partial charge in [0.1, 0.15) is 0 Å². The van der Waals surface area contributed by atoms with E-state index in [2.05, 4.69) is 22.8 Å². The van der Waals surface area contributed by atoms with Gasteiger partial charge in [-0.2, -0.15) is 0 Å². The molecule has 1 saturated carbocycles. The molecule has 2 fully saturated rings. The van der Waals surface area contributed by atoms with Gasteiger partial charge < -0.3 is 15.5 Å². The summed E-state index contributed by atoms with van der Waals surface area (Å²) in [5, 5.41) is 5.92. The minimum Gasteiger partial charge on any atom is -0.338 e. The topological polar surface area (TPSA) is 61.4 Å². The van der Waals surface area contributed by atoms with Gasteiger partial charge in [0, 0.05) is 25.6 Å². The first-order chi connectivity index (χ1) is 12.2. The fraction of sp³-hybridized carbons (Fsp3) is 0.600. The number of urea groups is 1. The van der Waals surface area contributed by atoms with Gasteiger partial charge in [-0.05, 0) is 31.2 Å². The summed E-state index contributed by atoms with van der Waals surface area (Å²) >= 11 is 0. The molecule has 2 aliphatic rings. The number of amides is 3. The summed E-state index contributed by atoms with van der Waals surface area (Å²) < 4.78 is 0. The summed E-state index contributed by atoms with van der Waals surface area (Å²) in [6.07, 6.45) is 8.08. The van der Waals surface area contributed by atoms with Gasteiger partial charge in [0.25, 0.3) is 0 Å². The summed E-state index contributed by atoms with van der Waals surface area (Å²) in [5.74, 6) is 0.189. The molecule has 0 radical (unpaired) electrons. The van der Waals surface area contributed by atoms with Crippen LogP contribution in [0.4, 0.5) is 4.79 Å². The molecule has 1 aliphatic carbocycles. The summed E-state index contributed by atoms with van der Waals surface area (Å²) in [5.41, 5.74) is 1.21. The molecule has 5 heteroatoms. The zero-order chi connectivity index (χ0) is 17.5. The summed E-state index contributed by atoms with van der Waals surface area (Å²) in [6, 6.07) is 10.7. The number of carbonyl (C=O) groups excluding carboxylic acids is 2. The van der Waals surface area contributed by atoms with Gasteiger partial charge >= 0.3 is 6.03 Å². The van der Waals surface area contributed by atoms with E-state index in [1.54, 1.807) is 0 Å². The first kappa shape index (κ1) is 17.8. The van der Waals surface area contributed by atoms with Crippen LogP contribution < -0.4 is 10.6 Å². The molecular formula is C20H29N3O2. The third kappa shape index (κ3) is 4.97. The predicted molar refractivity (Wildman–Crippen MR) is 98.2 cm³/mol. The fourth-order valence-electron chi connectivity index (χ4n) is 3.78. The van der Waals surface area contributed by atoms with Gasteiger partial charge in [0.2, 0.25) is 5.91 Å². The van der Waals surface area contributed by atoms with E-state index in [4.69, 9.17) is 0 Å². The molecule has 25 heavy (non-hydrogen) atoms. The molecule has 0 spiro atoms. The second kappa shape index (κ2) is 8.88. The second-order valence-electron chi connectivity index (χ2n) is 7.14. The Morgan fingerprint density at radius 2 is 1.80 bits per heavy atom. The molecule has 1 heterocycles. The van der Waals surface area contributed by atoms with Crippen LogP contribution in [0, 0.1) is 0 Å². The maximum absolute atomic E-state index is 12.4. The molecule has 0 aromatic heterocycles. The van der Waals surface area contributed by atoms with Crippen molar-refractivity contribution in [2.45, 2.75) is 63.5 Å². The highest BCUT2D eigenvalue weighted by atomic mass is 16.2. The Morgan fingerprint density at radius 3 is 2.48 bits per heavy atom. The Bertz CT molecular complexity index is 570. The summed E-state index contributed by atoms with van der Waals surface area (Å²) in [6.45, 7) is 1.39. The molecule has 0 bridgehead atoms.